The van der Waals surface area contributed by atoms with E-state index in [0.29, 0.717) is 6.42 Å². The normalized spacial score (nSPS) is 18.9. The number of aromatic amines is 1. The molecule has 0 aliphatic carbocycles. The number of pyridine rings is 1. The molecular formula is C12H11NO2. The van der Waals surface area contributed by atoms with Crippen LogP contribution in [0.1, 0.15) is 12.5 Å². The highest BCUT2D eigenvalue weighted by Gasteiger charge is 2.24. The summed E-state index contributed by atoms with van der Waals surface area (Å²) in [6.45, 7) is 1.98. The van der Waals surface area contributed by atoms with Crippen molar-refractivity contribution in [3.63, 3.8) is 0 Å². The molecule has 1 aromatic heterocycles. The molecule has 1 aliphatic rings. The van der Waals surface area contributed by atoms with Gasteiger partial charge in [-0.05, 0) is 19.1 Å². The van der Waals surface area contributed by atoms with Crippen LogP contribution in [-0.2, 0) is 6.42 Å². The summed E-state index contributed by atoms with van der Waals surface area (Å²) in [4.78, 5) is 14.6. The number of aromatic nitrogens is 1. The predicted molar refractivity (Wildman–Crippen MR) is 58.4 cm³/mol. The molecule has 2 heterocycles. The molecule has 0 spiro atoms. The molecule has 0 radical (unpaired) electrons. The van der Waals surface area contributed by atoms with Gasteiger partial charge in [-0.1, -0.05) is 12.1 Å². The second-order valence-electron chi connectivity index (χ2n) is 3.94. The average Bonchev–Trinajstić information content (AvgIpc) is 2.61. The first-order valence-corrected chi connectivity index (χ1v) is 5.06. The number of nitrogens with one attached hydrogen (secondary N) is 1. The molecule has 15 heavy (non-hydrogen) atoms. The van der Waals surface area contributed by atoms with E-state index in [-0.39, 0.29) is 11.7 Å². The van der Waals surface area contributed by atoms with E-state index in [9.17, 15) is 4.79 Å². The second-order valence-corrected chi connectivity index (χ2v) is 3.94. The lowest BCUT2D eigenvalue weighted by Gasteiger charge is -2.05. The topological polar surface area (TPSA) is 42.1 Å². The Hall–Kier alpha value is -1.77. The van der Waals surface area contributed by atoms with E-state index in [4.69, 9.17) is 4.74 Å². The number of fused-ring (bicyclic) bond motifs is 3. The van der Waals surface area contributed by atoms with Gasteiger partial charge in [0, 0.05) is 11.8 Å². The number of H-pyrrole nitrogens is 1. The smallest absolute Gasteiger partial charge is 0.255 e. The minimum atomic E-state index is -0.0203. The molecule has 76 valence electrons. The van der Waals surface area contributed by atoms with Crippen LogP contribution in [0.4, 0.5) is 0 Å². The van der Waals surface area contributed by atoms with Gasteiger partial charge in [-0.2, -0.15) is 0 Å². The van der Waals surface area contributed by atoms with Gasteiger partial charge in [0.1, 0.15) is 11.9 Å². The molecule has 1 N–H and O–H groups in total. The van der Waals surface area contributed by atoms with E-state index < -0.39 is 0 Å². The highest BCUT2D eigenvalue weighted by Crippen LogP contribution is 2.32. The molecule has 1 aliphatic heterocycles. The minimum Gasteiger partial charge on any atom is -0.489 e. The summed E-state index contributed by atoms with van der Waals surface area (Å²) in [6.07, 6.45) is 0.807. The summed E-state index contributed by atoms with van der Waals surface area (Å²) in [6, 6.07) is 7.72. The van der Waals surface area contributed by atoms with Crippen molar-refractivity contribution in [2.75, 3.05) is 0 Å². The summed E-state index contributed by atoms with van der Waals surface area (Å²) < 4.78 is 5.68. The lowest BCUT2D eigenvalue weighted by atomic mass is 10.1. The largest absolute Gasteiger partial charge is 0.489 e. The van der Waals surface area contributed by atoms with Crippen molar-refractivity contribution in [2.24, 2.45) is 0 Å². The molecular weight excluding hydrogens is 190 g/mol. The van der Waals surface area contributed by atoms with Crippen molar-refractivity contribution in [3.05, 3.63) is 40.2 Å². The van der Waals surface area contributed by atoms with E-state index in [1.54, 1.807) is 0 Å². The van der Waals surface area contributed by atoms with Gasteiger partial charge >= 0.3 is 0 Å². The summed E-state index contributed by atoms with van der Waals surface area (Å²) in [7, 11) is 0. The van der Waals surface area contributed by atoms with E-state index >= 15 is 0 Å². The maximum atomic E-state index is 11.7. The van der Waals surface area contributed by atoms with Crippen molar-refractivity contribution in [1.29, 1.82) is 0 Å². The molecule has 3 nitrogen and oxygen atoms in total. The first-order valence-electron chi connectivity index (χ1n) is 5.06. The van der Waals surface area contributed by atoms with Gasteiger partial charge in [-0.15, -0.1) is 0 Å². The van der Waals surface area contributed by atoms with Gasteiger partial charge in [0.2, 0.25) is 0 Å². The number of benzene rings is 1. The first-order chi connectivity index (χ1) is 7.25. The van der Waals surface area contributed by atoms with Gasteiger partial charge in [0.05, 0.1) is 11.1 Å². The molecule has 0 fully saturated rings. The van der Waals surface area contributed by atoms with Crippen LogP contribution in [0, 0.1) is 0 Å². The van der Waals surface area contributed by atoms with Gasteiger partial charge < -0.3 is 9.72 Å². The summed E-state index contributed by atoms with van der Waals surface area (Å²) in [5.74, 6) is 0.766. The Morgan fingerprint density at radius 3 is 3.07 bits per heavy atom. The molecule has 1 atom stereocenters. The minimum absolute atomic E-state index is 0.0203. The monoisotopic (exact) mass is 201 g/mol. The zero-order valence-electron chi connectivity index (χ0n) is 8.41. The van der Waals surface area contributed by atoms with E-state index in [0.717, 1.165) is 22.2 Å². The quantitative estimate of drug-likeness (QED) is 0.706. The Balaban J connectivity index is 2.43. The molecule has 2 aromatic rings. The third-order valence-electron chi connectivity index (χ3n) is 2.78. The van der Waals surface area contributed by atoms with Gasteiger partial charge in [-0.25, -0.2) is 0 Å². The zero-order valence-corrected chi connectivity index (χ0v) is 8.41. The van der Waals surface area contributed by atoms with Crippen molar-refractivity contribution >= 4 is 10.9 Å². The number of ether oxygens (including phenoxy) is 1. The number of rotatable bonds is 0. The Morgan fingerprint density at radius 2 is 2.20 bits per heavy atom. The third-order valence-corrected chi connectivity index (χ3v) is 2.78. The van der Waals surface area contributed by atoms with Crippen LogP contribution in [0.15, 0.2) is 29.1 Å². The highest BCUT2D eigenvalue weighted by atomic mass is 16.5. The van der Waals surface area contributed by atoms with Crippen LogP contribution >= 0.6 is 0 Å². The lowest BCUT2D eigenvalue weighted by molar-refractivity contribution is 0.257. The van der Waals surface area contributed by atoms with E-state index in [2.05, 4.69) is 4.98 Å². The number of para-hydroxylation sites is 1. The second kappa shape index (κ2) is 2.86. The maximum Gasteiger partial charge on any atom is 0.255 e. The molecule has 1 unspecified atom stereocenters. The molecule has 1 aromatic carbocycles. The van der Waals surface area contributed by atoms with Gasteiger partial charge in [-0.3, -0.25) is 4.79 Å². The van der Waals surface area contributed by atoms with Crippen LogP contribution in [-0.4, -0.2) is 11.1 Å². The predicted octanol–water partition coefficient (Wildman–Crippen LogP) is 1.85. The SMILES string of the molecule is CC1Cc2c(c3ccccc3[nH]c2=O)O1. The summed E-state index contributed by atoms with van der Waals surface area (Å²) in [5.41, 5.74) is 1.60. The summed E-state index contributed by atoms with van der Waals surface area (Å²) >= 11 is 0. The van der Waals surface area contributed by atoms with E-state index in [1.165, 1.54) is 0 Å². The van der Waals surface area contributed by atoms with Crippen molar-refractivity contribution < 1.29 is 4.74 Å². The van der Waals surface area contributed by atoms with Gasteiger partial charge in [0.15, 0.2) is 0 Å². The van der Waals surface area contributed by atoms with Crippen LogP contribution in [0.5, 0.6) is 5.75 Å². The summed E-state index contributed by atoms with van der Waals surface area (Å²) in [5, 5.41) is 0.997. The molecule has 3 heteroatoms. The molecule has 0 saturated carbocycles. The Kier molecular flexibility index (Phi) is 1.63. The average molecular weight is 201 g/mol. The van der Waals surface area contributed by atoms with Crippen molar-refractivity contribution in [3.8, 4) is 5.75 Å². The first kappa shape index (κ1) is 8.53. The van der Waals surface area contributed by atoms with Crippen LogP contribution in [0.3, 0.4) is 0 Å². The third kappa shape index (κ3) is 1.16. The lowest BCUT2D eigenvalue weighted by Crippen LogP contribution is -2.11. The number of hydrogen-bond donors (Lipinski definition) is 1. The van der Waals surface area contributed by atoms with Crippen molar-refractivity contribution in [1.82, 2.24) is 4.98 Å². The van der Waals surface area contributed by atoms with Crippen LogP contribution in [0.25, 0.3) is 10.9 Å². The Bertz CT molecular complexity index is 586. The molecule has 0 bridgehead atoms. The Labute approximate surface area is 86.7 Å². The fourth-order valence-corrected chi connectivity index (χ4v) is 2.10. The fraction of sp³-hybridized carbons (Fsp3) is 0.250. The van der Waals surface area contributed by atoms with Gasteiger partial charge in [0.25, 0.3) is 5.56 Å². The highest BCUT2D eigenvalue weighted by molar-refractivity contribution is 5.86. The zero-order chi connectivity index (χ0) is 10.4. The molecule has 3 rings (SSSR count). The Morgan fingerprint density at radius 1 is 1.40 bits per heavy atom. The molecule has 0 saturated heterocycles. The van der Waals surface area contributed by atoms with Crippen LogP contribution < -0.4 is 10.3 Å². The van der Waals surface area contributed by atoms with E-state index in [1.807, 2.05) is 31.2 Å². The maximum absolute atomic E-state index is 11.7. The molecule has 0 amide bonds. The number of hydrogen-bond acceptors (Lipinski definition) is 2. The van der Waals surface area contributed by atoms with Crippen molar-refractivity contribution in [2.45, 2.75) is 19.4 Å². The standard InChI is InChI=1S/C12H11NO2/c1-7-6-9-11(15-7)8-4-2-3-5-10(8)13-12(9)14/h2-5,7H,6H2,1H3,(H,13,14). The fourth-order valence-electron chi connectivity index (χ4n) is 2.10. The van der Waals surface area contributed by atoms with Crippen LogP contribution in [0.2, 0.25) is 0 Å².